The topological polar surface area (TPSA) is 67.4 Å². The van der Waals surface area contributed by atoms with Crippen LogP contribution in [0.3, 0.4) is 0 Å². The molecule has 0 aliphatic heterocycles. The van der Waals surface area contributed by atoms with Crippen molar-refractivity contribution in [3.05, 3.63) is 53.2 Å². The van der Waals surface area contributed by atoms with Crippen molar-refractivity contribution in [3.8, 4) is 33.9 Å². The molecular weight excluding hydrogens is 385 g/mol. The number of rotatable bonds is 5. The molecule has 9 heteroatoms. The number of alkyl halides is 3. The third-order valence-electron chi connectivity index (χ3n) is 3.75. The fourth-order valence-electron chi connectivity index (χ4n) is 2.57. The summed E-state index contributed by atoms with van der Waals surface area (Å²) in [6.45, 7) is -0.0323. The van der Waals surface area contributed by atoms with Crippen molar-refractivity contribution < 1.29 is 27.8 Å². The molecule has 0 aliphatic carbocycles. The maximum atomic E-state index is 13.5. The van der Waals surface area contributed by atoms with Crippen LogP contribution in [0.1, 0.15) is 5.69 Å². The quantitative estimate of drug-likeness (QED) is 0.586. The second kappa shape index (κ2) is 7.50. The van der Waals surface area contributed by atoms with Crippen LogP contribution in [0.15, 0.2) is 42.5 Å². The fourth-order valence-corrected chi connectivity index (χ4v) is 2.69. The van der Waals surface area contributed by atoms with E-state index in [1.807, 2.05) is 5.10 Å². The molecule has 0 aliphatic rings. The van der Waals surface area contributed by atoms with Crippen molar-refractivity contribution in [1.29, 1.82) is 0 Å². The van der Waals surface area contributed by atoms with E-state index in [0.29, 0.717) is 10.8 Å². The highest BCUT2D eigenvalue weighted by atomic mass is 35.5. The lowest BCUT2D eigenvalue weighted by atomic mass is 9.98. The summed E-state index contributed by atoms with van der Waals surface area (Å²) < 4.78 is 50.3. The van der Waals surface area contributed by atoms with Gasteiger partial charge in [0, 0.05) is 29.3 Å². The Hall–Kier alpha value is -2.71. The Morgan fingerprint density at radius 1 is 1.15 bits per heavy atom. The lowest BCUT2D eigenvalue weighted by Gasteiger charge is -2.11. The van der Waals surface area contributed by atoms with E-state index in [-0.39, 0.29) is 34.9 Å². The summed E-state index contributed by atoms with van der Waals surface area (Å²) in [5.74, 6) is 0.0248. The highest BCUT2D eigenvalue weighted by molar-refractivity contribution is 6.30. The van der Waals surface area contributed by atoms with Crippen molar-refractivity contribution in [2.24, 2.45) is 0 Å². The highest BCUT2D eigenvalue weighted by Crippen LogP contribution is 2.43. The summed E-state index contributed by atoms with van der Waals surface area (Å²) in [7, 11) is 1.44. The van der Waals surface area contributed by atoms with Gasteiger partial charge in [0.05, 0.1) is 0 Å². The molecule has 1 heterocycles. The van der Waals surface area contributed by atoms with Crippen LogP contribution in [-0.2, 0) is 10.9 Å². The normalized spacial score (nSPS) is 11.6. The van der Waals surface area contributed by atoms with Crippen LogP contribution in [0.25, 0.3) is 22.4 Å². The molecule has 3 aromatic rings. The molecule has 0 unspecified atom stereocenters. The molecule has 0 saturated heterocycles. The van der Waals surface area contributed by atoms with Gasteiger partial charge in [-0.05, 0) is 29.8 Å². The van der Waals surface area contributed by atoms with Crippen molar-refractivity contribution in [1.82, 2.24) is 10.2 Å². The minimum atomic E-state index is -4.66. The summed E-state index contributed by atoms with van der Waals surface area (Å²) in [5.41, 5.74) is -0.856. The van der Waals surface area contributed by atoms with Crippen LogP contribution in [0.2, 0.25) is 5.02 Å². The molecule has 0 atom stereocenters. The SMILES string of the molecule is COCOc1ccc(-c2n[nH]c(C(F)(F)F)c2-c2ccc(Cl)cc2)c(O)c1. The Morgan fingerprint density at radius 3 is 2.44 bits per heavy atom. The summed E-state index contributed by atoms with van der Waals surface area (Å²) in [6, 6.07) is 10.1. The van der Waals surface area contributed by atoms with Gasteiger partial charge >= 0.3 is 6.18 Å². The number of phenolic OH excluding ortho intramolecular Hbond substituents is 1. The first-order valence-corrected chi connectivity index (χ1v) is 8.05. The number of phenols is 1. The second-order valence-electron chi connectivity index (χ2n) is 5.56. The minimum Gasteiger partial charge on any atom is -0.507 e. The number of aromatic nitrogens is 2. The predicted octanol–water partition coefficient (Wildman–Crippen LogP) is 5.10. The van der Waals surface area contributed by atoms with Gasteiger partial charge in [-0.25, -0.2) is 0 Å². The molecule has 0 amide bonds. The monoisotopic (exact) mass is 398 g/mol. The summed E-state index contributed by atoms with van der Waals surface area (Å²) in [6.07, 6.45) is -4.66. The molecule has 3 rings (SSSR count). The van der Waals surface area contributed by atoms with Gasteiger partial charge in [-0.15, -0.1) is 0 Å². The van der Waals surface area contributed by atoms with Gasteiger partial charge < -0.3 is 14.6 Å². The number of hydrogen-bond donors (Lipinski definition) is 2. The molecule has 0 fully saturated rings. The number of hydrogen-bond acceptors (Lipinski definition) is 4. The van der Waals surface area contributed by atoms with Gasteiger partial charge in [0.2, 0.25) is 0 Å². The summed E-state index contributed by atoms with van der Waals surface area (Å²) in [5, 5.41) is 16.5. The zero-order valence-corrected chi connectivity index (χ0v) is 14.7. The smallest absolute Gasteiger partial charge is 0.433 e. The van der Waals surface area contributed by atoms with Crippen molar-refractivity contribution >= 4 is 11.6 Å². The van der Waals surface area contributed by atoms with E-state index in [1.165, 1.54) is 49.6 Å². The molecule has 142 valence electrons. The Labute approximate surface area is 157 Å². The maximum Gasteiger partial charge on any atom is 0.433 e. The Morgan fingerprint density at radius 2 is 1.85 bits per heavy atom. The minimum absolute atomic E-state index is 0.0323. The molecule has 0 spiro atoms. The molecule has 0 bridgehead atoms. The third kappa shape index (κ3) is 4.01. The van der Waals surface area contributed by atoms with Crippen molar-refractivity contribution in [2.45, 2.75) is 6.18 Å². The highest BCUT2D eigenvalue weighted by Gasteiger charge is 2.38. The van der Waals surface area contributed by atoms with E-state index in [0.717, 1.165) is 0 Å². The molecule has 5 nitrogen and oxygen atoms in total. The standard InChI is InChI=1S/C18H14ClF3N2O3/c1-26-9-27-12-6-7-13(14(25)8-12)16-15(10-2-4-11(19)5-3-10)17(24-23-16)18(20,21)22/h2-8,25H,9H2,1H3,(H,23,24). The zero-order chi connectivity index (χ0) is 19.6. The number of nitrogens with one attached hydrogen (secondary N) is 1. The van der Waals surface area contributed by atoms with E-state index in [9.17, 15) is 18.3 Å². The molecule has 2 aromatic carbocycles. The Kier molecular flexibility index (Phi) is 5.29. The number of methoxy groups -OCH3 is 1. The molecular formula is C18H14ClF3N2O3. The molecule has 0 saturated carbocycles. The number of aromatic amines is 1. The van der Waals surface area contributed by atoms with Crippen LogP contribution in [0, 0.1) is 0 Å². The first-order chi connectivity index (χ1) is 12.8. The average Bonchev–Trinajstić information content (AvgIpc) is 3.06. The van der Waals surface area contributed by atoms with Gasteiger partial charge in [0.1, 0.15) is 22.9 Å². The number of nitrogens with zero attached hydrogens (tertiary/aromatic N) is 1. The molecule has 27 heavy (non-hydrogen) atoms. The Balaban J connectivity index is 2.14. The van der Waals surface area contributed by atoms with Crippen molar-refractivity contribution in [2.75, 3.05) is 13.9 Å². The zero-order valence-electron chi connectivity index (χ0n) is 14.0. The van der Waals surface area contributed by atoms with Crippen LogP contribution in [0.4, 0.5) is 13.2 Å². The summed E-state index contributed by atoms with van der Waals surface area (Å²) in [4.78, 5) is 0. The van der Waals surface area contributed by atoms with E-state index in [4.69, 9.17) is 21.1 Å². The first kappa shape index (κ1) is 19.1. The largest absolute Gasteiger partial charge is 0.507 e. The Bertz CT molecular complexity index is 940. The van der Waals surface area contributed by atoms with E-state index in [2.05, 4.69) is 5.10 Å². The van der Waals surface area contributed by atoms with Gasteiger partial charge in [-0.2, -0.15) is 18.3 Å². The van der Waals surface area contributed by atoms with Gasteiger partial charge in [-0.3, -0.25) is 5.10 Å². The number of benzene rings is 2. The summed E-state index contributed by atoms with van der Waals surface area (Å²) >= 11 is 5.83. The van der Waals surface area contributed by atoms with Crippen LogP contribution in [-0.4, -0.2) is 29.2 Å². The lowest BCUT2D eigenvalue weighted by molar-refractivity contribution is -0.140. The van der Waals surface area contributed by atoms with Gasteiger partial charge in [0.15, 0.2) is 6.79 Å². The van der Waals surface area contributed by atoms with Crippen molar-refractivity contribution in [3.63, 3.8) is 0 Å². The van der Waals surface area contributed by atoms with Crippen LogP contribution >= 0.6 is 11.6 Å². The number of aromatic hydroxyl groups is 1. The van der Waals surface area contributed by atoms with E-state index in [1.54, 1.807) is 0 Å². The number of halogens is 4. The molecule has 0 radical (unpaired) electrons. The second-order valence-corrected chi connectivity index (χ2v) is 5.99. The van der Waals surface area contributed by atoms with E-state index >= 15 is 0 Å². The number of H-pyrrole nitrogens is 1. The molecule has 1 aromatic heterocycles. The third-order valence-corrected chi connectivity index (χ3v) is 4.00. The van der Waals surface area contributed by atoms with Gasteiger partial charge in [-0.1, -0.05) is 23.7 Å². The predicted molar refractivity (Wildman–Crippen MR) is 93.6 cm³/mol. The molecule has 2 N–H and O–H groups in total. The lowest BCUT2D eigenvalue weighted by Crippen LogP contribution is -2.07. The fraction of sp³-hybridized carbons (Fsp3) is 0.167. The first-order valence-electron chi connectivity index (χ1n) is 7.68. The average molecular weight is 399 g/mol. The van der Waals surface area contributed by atoms with E-state index < -0.39 is 11.9 Å². The van der Waals surface area contributed by atoms with Crippen LogP contribution in [0.5, 0.6) is 11.5 Å². The number of ether oxygens (including phenoxy) is 2. The van der Waals surface area contributed by atoms with Crippen LogP contribution < -0.4 is 4.74 Å². The maximum absolute atomic E-state index is 13.5. The van der Waals surface area contributed by atoms with Gasteiger partial charge in [0.25, 0.3) is 0 Å².